The Morgan fingerprint density at radius 1 is 1.26 bits per heavy atom. The molecule has 0 spiro atoms. The van der Waals surface area contributed by atoms with Gasteiger partial charge in [0, 0.05) is 22.7 Å². The molecule has 3 aromatic rings. The third kappa shape index (κ3) is 2.57. The molecule has 0 aliphatic heterocycles. The van der Waals surface area contributed by atoms with Gasteiger partial charge in [-0.1, -0.05) is 0 Å². The molecule has 2 aromatic heterocycles. The van der Waals surface area contributed by atoms with Gasteiger partial charge in [-0.3, -0.25) is 9.59 Å². The molecule has 0 aliphatic rings. The van der Waals surface area contributed by atoms with Crippen LogP contribution >= 0.6 is 0 Å². The fraction of sp³-hybridized carbons (Fsp3) is 0.188. The van der Waals surface area contributed by atoms with E-state index in [0.29, 0.717) is 21.9 Å². The van der Waals surface area contributed by atoms with E-state index < -0.39 is 6.16 Å². The number of benzene rings is 1. The van der Waals surface area contributed by atoms with E-state index in [2.05, 4.69) is 9.97 Å². The standard InChI is InChI=1S/C16H14N2O5/c1-3-22-16(21)23-12-7-17-14-13(12)10-6-9(8(2)19)4-5-11(10)18-15(14)20/h4-7,17H,3H2,1-2H3,(H,18,20). The van der Waals surface area contributed by atoms with Gasteiger partial charge in [0.15, 0.2) is 11.5 Å². The molecule has 7 heteroatoms. The van der Waals surface area contributed by atoms with Crippen LogP contribution in [0.2, 0.25) is 0 Å². The number of carbonyl (C=O) groups is 2. The summed E-state index contributed by atoms with van der Waals surface area (Å²) < 4.78 is 9.89. The number of aromatic nitrogens is 2. The van der Waals surface area contributed by atoms with Gasteiger partial charge in [0.05, 0.1) is 12.0 Å². The summed E-state index contributed by atoms with van der Waals surface area (Å²) in [7, 11) is 0. The first-order valence-electron chi connectivity index (χ1n) is 7.04. The van der Waals surface area contributed by atoms with Gasteiger partial charge in [0.25, 0.3) is 5.56 Å². The minimum atomic E-state index is -0.857. The Labute approximate surface area is 130 Å². The molecule has 23 heavy (non-hydrogen) atoms. The summed E-state index contributed by atoms with van der Waals surface area (Å²) in [6, 6.07) is 4.93. The Balaban J connectivity index is 2.28. The van der Waals surface area contributed by atoms with Crippen molar-refractivity contribution in [2.45, 2.75) is 13.8 Å². The molecular weight excluding hydrogens is 300 g/mol. The maximum absolute atomic E-state index is 12.1. The summed E-state index contributed by atoms with van der Waals surface area (Å²) in [6.45, 7) is 3.30. The molecule has 0 aliphatic carbocycles. The fourth-order valence-corrected chi connectivity index (χ4v) is 2.43. The van der Waals surface area contributed by atoms with Crippen LogP contribution in [-0.4, -0.2) is 28.5 Å². The Bertz CT molecular complexity index is 983. The van der Waals surface area contributed by atoms with E-state index in [4.69, 9.17) is 9.47 Å². The van der Waals surface area contributed by atoms with Crippen LogP contribution in [0.5, 0.6) is 5.75 Å². The third-order valence-corrected chi connectivity index (χ3v) is 3.47. The molecule has 2 N–H and O–H groups in total. The first kappa shape index (κ1) is 14.8. The van der Waals surface area contributed by atoms with Crippen molar-refractivity contribution in [2.75, 3.05) is 6.61 Å². The SMILES string of the molecule is CCOC(=O)Oc1c[nH]c2c(=O)[nH]c3ccc(C(C)=O)cc3c12. The number of carbonyl (C=O) groups excluding carboxylic acids is 2. The van der Waals surface area contributed by atoms with Gasteiger partial charge in [-0.15, -0.1) is 0 Å². The minimum Gasteiger partial charge on any atom is -0.434 e. The van der Waals surface area contributed by atoms with Gasteiger partial charge in [-0.2, -0.15) is 0 Å². The van der Waals surface area contributed by atoms with Crippen LogP contribution in [0.25, 0.3) is 21.8 Å². The van der Waals surface area contributed by atoms with Gasteiger partial charge in [-0.25, -0.2) is 4.79 Å². The zero-order valence-corrected chi connectivity index (χ0v) is 12.6. The van der Waals surface area contributed by atoms with Crippen LogP contribution in [0.4, 0.5) is 4.79 Å². The average Bonchev–Trinajstić information content (AvgIpc) is 2.92. The second kappa shape index (κ2) is 5.60. The van der Waals surface area contributed by atoms with E-state index in [1.165, 1.54) is 13.1 Å². The number of pyridine rings is 1. The number of Topliss-reactive ketones (excluding diaryl/α,β-unsaturated/α-hetero) is 1. The Hall–Kier alpha value is -3.09. The van der Waals surface area contributed by atoms with Crippen LogP contribution in [0.15, 0.2) is 29.2 Å². The molecule has 1 aromatic carbocycles. The smallest absolute Gasteiger partial charge is 0.434 e. The Morgan fingerprint density at radius 3 is 2.74 bits per heavy atom. The predicted octanol–water partition coefficient (Wildman–Crippen LogP) is 2.75. The summed E-state index contributed by atoms with van der Waals surface area (Å²) >= 11 is 0. The van der Waals surface area contributed by atoms with Crippen molar-refractivity contribution in [3.63, 3.8) is 0 Å². The highest BCUT2D eigenvalue weighted by molar-refractivity contribution is 6.10. The van der Waals surface area contributed by atoms with E-state index in [9.17, 15) is 14.4 Å². The summed E-state index contributed by atoms with van der Waals surface area (Å²) in [6.07, 6.45) is 0.557. The van der Waals surface area contributed by atoms with Crippen molar-refractivity contribution in [1.82, 2.24) is 9.97 Å². The molecule has 0 amide bonds. The quantitative estimate of drug-likeness (QED) is 0.572. The lowest BCUT2D eigenvalue weighted by Gasteiger charge is -2.06. The van der Waals surface area contributed by atoms with Gasteiger partial charge in [0.2, 0.25) is 0 Å². The zero-order valence-electron chi connectivity index (χ0n) is 12.6. The molecule has 0 saturated carbocycles. The fourth-order valence-electron chi connectivity index (χ4n) is 2.43. The molecule has 0 unspecified atom stereocenters. The number of rotatable bonds is 3. The van der Waals surface area contributed by atoms with Gasteiger partial charge in [0.1, 0.15) is 5.52 Å². The van der Waals surface area contributed by atoms with Crippen molar-refractivity contribution in [3.8, 4) is 5.75 Å². The highest BCUT2D eigenvalue weighted by atomic mass is 16.7. The van der Waals surface area contributed by atoms with E-state index in [0.717, 1.165) is 0 Å². The van der Waals surface area contributed by atoms with Crippen LogP contribution in [0, 0.1) is 0 Å². The number of fused-ring (bicyclic) bond motifs is 3. The van der Waals surface area contributed by atoms with Crippen molar-refractivity contribution < 1.29 is 19.1 Å². The molecule has 0 saturated heterocycles. The molecular formula is C16H14N2O5. The van der Waals surface area contributed by atoms with Crippen LogP contribution in [0.1, 0.15) is 24.2 Å². The summed E-state index contributed by atoms with van der Waals surface area (Å²) in [4.78, 5) is 40.8. The molecule has 0 fully saturated rings. The van der Waals surface area contributed by atoms with Gasteiger partial charge >= 0.3 is 6.16 Å². The van der Waals surface area contributed by atoms with E-state index in [-0.39, 0.29) is 29.2 Å². The number of aromatic amines is 2. The number of hydrogen-bond donors (Lipinski definition) is 2. The van der Waals surface area contributed by atoms with Crippen molar-refractivity contribution in [3.05, 3.63) is 40.3 Å². The lowest BCUT2D eigenvalue weighted by atomic mass is 10.1. The molecule has 0 atom stereocenters. The number of ether oxygens (including phenoxy) is 2. The van der Waals surface area contributed by atoms with Crippen molar-refractivity contribution in [2.24, 2.45) is 0 Å². The normalized spacial score (nSPS) is 10.9. The van der Waals surface area contributed by atoms with Crippen LogP contribution < -0.4 is 10.3 Å². The van der Waals surface area contributed by atoms with Gasteiger partial charge in [-0.05, 0) is 32.0 Å². The maximum atomic E-state index is 12.1. The topological polar surface area (TPSA) is 101 Å². The van der Waals surface area contributed by atoms with E-state index >= 15 is 0 Å². The summed E-state index contributed by atoms with van der Waals surface area (Å²) in [5, 5.41) is 1.03. The highest BCUT2D eigenvalue weighted by Gasteiger charge is 2.16. The monoisotopic (exact) mass is 314 g/mol. The highest BCUT2D eigenvalue weighted by Crippen LogP contribution is 2.31. The third-order valence-electron chi connectivity index (χ3n) is 3.47. The number of H-pyrrole nitrogens is 2. The summed E-state index contributed by atoms with van der Waals surface area (Å²) in [5.41, 5.74) is 0.953. The average molecular weight is 314 g/mol. The number of nitrogens with one attached hydrogen (secondary N) is 2. The number of hydrogen-bond acceptors (Lipinski definition) is 5. The Morgan fingerprint density at radius 2 is 2.04 bits per heavy atom. The molecule has 2 heterocycles. The largest absolute Gasteiger partial charge is 0.513 e. The Kier molecular flexibility index (Phi) is 3.61. The first-order valence-corrected chi connectivity index (χ1v) is 7.04. The second-order valence-corrected chi connectivity index (χ2v) is 4.96. The lowest BCUT2D eigenvalue weighted by Crippen LogP contribution is -2.10. The number of ketones is 1. The van der Waals surface area contributed by atoms with E-state index in [1.54, 1.807) is 25.1 Å². The van der Waals surface area contributed by atoms with Crippen LogP contribution in [-0.2, 0) is 4.74 Å². The molecule has 3 rings (SSSR count). The van der Waals surface area contributed by atoms with Crippen LogP contribution in [0.3, 0.4) is 0 Å². The predicted molar refractivity (Wildman–Crippen MR) is 84.1 cm³/mol. The van der Waals surface area contributed by atoms with Crippen molar-refractivity contribution in [1.29, 1.82) is 0 Å². The summed E-state index contributed by atoms with van der Waals surface area (Å²) in [5.74, 6) is 0.0740. The molecule has 7 nitrogen and oxygen atoms in total. The molecule has 118 valence electrons. The minimum absolute atomic E-state index is 0.102. The molecule has 0 bridgehead atoms. The maximum Gasteiger partial charge on any atom is 0.513 e. The van der Waals surface area contributed by atoms with Crippen molar-refractivity contribution >= 4 is 33.7 Å². The first-order chi connectivity index (χ1) is 11.0. The lowest BCUT2D eigenvalue weighted by molar-refractivity contribution is 0.101. The van der Waals surface area contributed by atoms with Gasteiger partial charge < -0.3 is 19.4 Å². The molecule has 0 radical (unpaired) electrons. The van der Waals surface area contributed by atoms with E-state index in [1.807, 2.05) is 0 Å². The second-order valence-electron chi connectivity index (χ2n) is 4.96. The zero-order chi connectivity index (χ0) is 16.6.